The molecule has 0 saturated heterocycles. The molecule has 230 valence electrons. The first-order valence-corrected chi connectivity index (χ1v) is 13.8. The van der Waals surface area contributed by atoms with E-state index in [0.717, 1.165) is 10.2 Å². The van der Waals surface area contributed by atoms with Crippen molar-refractivity contribution in [2.24, 2.45) is 0 Å². The molecule has 0 amide bonds. The molecule has 0 N–H and O–H groups in total. The second-order valence-electron chi connectivity index (χ2n) is 9.40. The number of fused-ring (bicyclic) bond motifs is 1. The Labute approximate surface area is 254 Å². The maximum Gasteiger partial charge on any atom is 0.350 e. The molecule has 14 heteroatoms. The Morgan fingerprint density at radius 3 is 2.52 bits per heavy atom. The van der Waals surface area contributed by atoms with Crippen molar-refractivity contribution in [2.45, 2.75) is 39.2 Å². The van der Waals surface area contributed by atoms with Crippen LogP contribution in [0.1, 0.15) is 18.3 Å². The first-order valence-electron chi connectivity index (χ1n) is 13.4. The fourth-order valence-electron chi connectivity index (χ4n) is 4.40. The van der Waals surface area contributed by atoms with Crippen LogP contribution in [0.4, 0.5) is 13.2 Å². The zero-order valence-corrected chi connectivity index (χ0v) is 24.4. The average molecular weight is 630 g/mol. The zero-order valence-electron chi connectivity index (χ0n) is 23.6. The number of halogens is 4. The van der Waals surface area contributed by atoms with Crippen LogP contribution in [-0.2, 0) is 24.5 Å². The Bertz CT molecular complexity index is 1800. The highest BCUT2D eigenvalue weighted by atomic mass is 35.5. The summed E-state index contributed by atoms with van der Waals surface area (Å²) in [5.74, 6) is 0.383. The smallest absolute Gasteiger partial charge is 0.350 e. The number of methoxy groups -OCH3 is 1. The number of hydrogen-bond acceptors (Lipinski definition) is 8. The molecule has 5 rings (SSSR count). The van der Waals surface area contributed by atoms with Gasteiger partial charge in [0.05, 0.1) is 31.0 Å². The van der Waals surface area contributed by atoms with Gasteiger partial charge in [0.2, 0.25) is 11.8 Å². The maximum atomic E-state index is 13.7. The van der Waals surface area contributed by atoms with Gasteiger partial charge in [0.25, 0.3) is 6.43 Å². The van der Waals surface area contributed by atoms with Gasteiger partial charge in [0.15, 0.2) is 17.7 Å². The fourth-order valence-corrected chi connectivity index (χ4v) is 4.54. The van der Waals surface area contributed by atoms with Crippen molar-refractivity contribution in [3.05, 3.63) is 93.9 Å². The number of alkyl halides is 3. The molecule has 0 aliphatic rings. The molecule has 0 radical (unpaired) electrons. The highest BCUT2D eigenvalue weighted by molar-refractivity contribution is 6.32. The lowest BCUT2D eigenvalue weighted by Gasteiger charge is -2.19. The van der Waals surface area contributed by atoms with Crippen molar-refractivity contribution in [1.82, 2.24) is 24.3 Å². The fraction of sp³-hybridized carbons (Fsp3) is 0.267. The van der Waals surface area contributed by atoms with Crippen LogP contribution >= 0.6 is 11.6 Å². The molecule has 5 aromatic rings. The van der Waals surface area contributed by atoms with Crippen molar-refractivity contribution in [3.63, 3.8) is 0 Å². The quantitative estimate of drug-likeness (QED) is 0.153. The minimum atomic E-state index is -3.14. The minimum absolute atomic E-state index is 0.0370. The molecule has 0 aliphatic carbocycles. The van der Waals surface area contributed by atoms with E-state index in [1.54, 1.807) is 19.1 Å². The van der Waals surface area contributed by atoms with Crippen LogP contribution in [0, 0.1) is 0 Å². The van der Waals surface area contributed by atoms with Gasteiger partial charge in [-0.05, 0) is 30.0 Å². The number of pyridine rings is 2. The molecule has 1 unspecified atom stereocenters. The number of rotatable bonds is 13. The van der Waals surface area contributed by atoms with E-state index in [1.165, 1.54) is 36.2 Å². The first kappa shape index (κ1) is 30.8. The monoisotopic (exact) mass is 629 g/mol. The summed E-state index contributed by atoms with van der Waals surface area (Å²) in [4.78, 5) is 21.6. The summed E-state index contributed by atoms with van der Waals surface area (Å²) in [6.45, 7) is 0.954. The molecule has 44 heavy (non-hydrogen) atoms. The Kier molecular flexibility index (Phi) is 9.65. The zero-order chi connectivity index (χ0) is 31.2. The Balaban J connectivity index is 1.58. The molecule has 0 spiro atoms. The molecular formula is C30H27ClF3N5O5. The third-order valence-corrected chi connectivity index (χ3v) is 6.83. The lowest BCUT2D eigenvalue weighted by molar-refractivity contribution is -0.000431. The number of hydrogen-bond donors (Lipinski definition) is 0. The van der Waals surface area contributed by atoms with Crippen LogP contribution in [-0.4, -0.2) is 50.6 Å². The molecule has 0 fully saturated rings. The number of aromatic nitrogens is 5. The first-order chi connectivity index (χ1) is 21.3. The second-order valence-corrected chi connectivity index (χ2v) is 9.80. The number of benzene rings is 2. The van der Waals surface area contributed by atoms with E-state index in [1.807, 2.05) is 30.3 Å². The summed E-state index contributed by atoms with van der Waals surface area (Å²) in [6.07, 6.45) is -2.52. The van der Waals surface area contributed by atoms with Crippen LogP contribution < -0.4 is 19.9 Å². The van der Waals surface area contributed by atoms with E-state index in [-0.39, 0.29) is 46.0 Å². The normalized spacial score (nSPS) is 12.1. The van der Waals surface area contributed by atoms with E-state index in [2.05, 4.69) is 15.1 Å². The molecule has 3 heterocycles. The van der Waals surface area contributed by atoms with Gasteiger partial charge < -0.3 is 18.9 Å². The molecule has 0 bridgehead atoms. The van der Waals surface area contributed by atoms with Crippen LogP contribution in [0.2, 0.25) is 5.02 Å². The van der Waals surface area contributed by atoms with E-state index in [4.69, 9.17) is 30.5 Å². The third-order valence-electron chi connectivity index (χ3n) is 6.54. The third kappa shape index (κ3) is 6.63. The number of ether oxygens (including phenoxy) is 4. The van der Waals surface area contributed by atoms with Gasteiger partial charge in [-0.25, -0.2) is 27.9 Å². The van der Waals surface area contributed by atoms with Crippen molar-refractivity contribution in [3.8, 4) is 28.9 Å². The lowest BCUT2D eigenvalue weighted by atomic mass is 10.1. The van der Waals surface area contributed by atoms with Gasteiger partial charge in [-0.1, -0.05) is 41.9 Å². The summed E-state index contributed by atoms with van der Waals surface area (Å²) in [5.41, 5.74) is 0.642. The summed E-state index contributed by atoms with van der Waals surface area (Å²) in [7, 11) is 1.41. The van der Waals surface area contributed by atoms with Gasteiger partial charge >= 0.3 is 5.69 Å². The Hall–Kier alpha value is -4.62. The van der Waals surface area contributed by atoms with E-state index >= 15 is 0 Å². The second kappa shape index (κ2) is 13.8. The topological polar surface area (TPSA) is 103 Å². The van der Waals surface area contributed by atoms with Crippen LogP contribution in [0.15, 0.2) is 71.8 Å². The van der Waals surface area contributed by atoms with Gasteiger partial charge in [-0.2, -0.15) is 4.68 Å². The molecule has 2 aromatic carbocycles. The standard InChI is InChI=1S/C30H27ClF3N5O5/c1-3-38-25(17-42-16-18-7-5-4-6-8-18)37-39(30(38)40)20-11-19-9-10-35-29(44-22-13-26(41-2)36-15-21(22)31)27(19)23(12-20)43-24(14-32)28(33)34/h4-13,15,24,28H,3,14,16-17H2,1-2H3. The lowest BCUT2D eigenvalue weighted by Crippen LogP contribution is -2.28. The highest BCUT2D eigenvalue weighted by Crippen LogP contribution is 2.39. The van der Waals surface area contributed by atoms with Gasteiger partial charge in [0, 0.05) is 24.9 Å². The van der Waals surface area contributed by atoms with Crippen molar-refractivity contribution < 1.29 is 32.1 Å². The van der Waals surface area contributed by atoms with Crippen LogP contribution in [0.25, 0.3) is 16.5 Å². The Morgan fingerprint density at radius 1 is 1.02 bits per heavy atom. The van der Waals surface area contributed by atoms with Crippen molar-refractivity contribution >= 4 is 22.4 Å². The van der Waals surface area contributed by atoms with Crippen molar-refractivity contribution in [2.75, 3.05) is 13.8 Å². The van der Waals surface area contributed by atoms with Crippen LogP contribution in [0.5, 0.6) is 23.3 Å². The molecule has 0 aliphatic heterocycles. The van der Waals surface area contributed by atoms with E-state index < -0.39 is 24.9 Å². The minimum Gasteiger partial charge on any atom is -0.481 e. The van der Waals surface area contributed by atoms with E-state index in [0.29, 0.717) is 24.4 Å². The number of nitrogens with zero attached hydrogens (tertiary/aromatic N) is 5. The predicted octanol–water partition coefficient (Wildman–Crippen LogP) is 6.15. The summed E-state index contributed by atoms with van der Waals surface area (Å²) in [6, 6.07) is 15.4. The SMILES string of the molecule is CCn1c(COCc2ccccc2)nn(-c2cc(OC(CF)C(F)F)c3c(Oc4cc(OC)ncc4Cl)nccc3c2)c1=O. The van der Waals surface area contributed by atoms with Gasteiger partial charge in [-0.15, -0.1) is 5.10 Å². The summed E-state index contributed by atoms with van der Waals surface area (Å²) >= 11 is 6.26. The summed E-state index contributed by atoms with van der Waals surface area (Å²) in [5, 5.41) is 5.10. The molecule has 1 atom stereocenters. The predicted molar refractivity (Wildman–Crippen MR) is 156 cm³/mol. The average Bonchev–Trinajstić information content (AvgIpc) is 3.35. The highest BCUT2D eigenvalue weighted by Gasteiger charge is 2.26. The molecule has 10 nitrogen and oxygen atoms in total. The summed E-state index contributed by atoms with van der Waals surface area (Å²) < 4.78 is 65.9. The van der Waals surface area contributed by atoms with E-state index in [9.17, 15) is 18.0 Å². The molecule has 0 saturated carbocycles. The maximum absolute atomic E-state index is 13.7. The van der Waals surface area contributed by atoms with Gasteiger partial charge in [0.1, 0.15) is 24.1 Å². The Morgan fingerprint density at radius 2 is 1.82 bits per heavy atom. The molecule has 3 aromatic heterocycles. The van der Waals surface area contributed by atoms with Gasteiger partial charge in [-0.3, -0.25) is 4.57 Å². The largest absolute Gasteiger partial charge is 0.481 e. The van der Waals surface area contributed by atoms with Crippen LogP contribution in [0.3, 0.4) is 0 Å². The molecular weight excluding hydrogens is 603 g/mol. The van der Waals surface area contributed by atoms with Crippen molar-refractivity contribution in [1.29, 1.82) is 0 Å².